The minimum absolute atomic E-state index is 0.0790. The first kappa shape index (κ1) is 16.4. The second-order valence-corrected chi connectivity index (χ2v) is 6.96. The Morgan fingerprint density at radius 2 is 2.30 bits per heavy atom. The lowest BCUT2D eigenvalue weighted by Crippen LogP contribution is -2.58. The molecule has 4 atom stereocenters. The van der Waals surface area contributed by atoms with Gasteiger partial charge in [0.05, 0.1) is 12.2 Å². The third-order valence-electron chi connectivity index (χ3n) is 5.38. The number of carbonyl (C=O) groups is 2. The third-order valence-corrected chi connectivity index (χ3v) is 5.38. The molecule has 1 fully saturated rings. The highest BCUT2D eigenvalue weighted by Gasteiger charge is 2.65. The van der Waals surface area contributed by atoms with Gasteiger partial charge in [-0.3, -0.25) is 9.59 Å². The lowest BCUT2D eigenvalue weighted by atomic mass is 9.58. The zero-order chi connectivity index (χ0) is 16.7. The van der Waals surface area contributed by atoms with E-state index >= 15 is 0 Å². The summed E-state index contributed by atoms with van der Waals surface area (Å²) in [6, 6.07) is 0. The van der Waals surface area contributed by atoms with Crippen LogP contribution in [0.1, 0.15) is 33.1 Å². The van der Waals surface area contributed by atoms with Crippen molar-refractivity contribution < 1.29 is 19.1 Å². The molecule has 3 aliphatic rings. The molecule has 1 amide bonds. The number of rotatable bonds is 5. The Bertz CT molecular complexity index is 582. The number of ether oxygens (including phenoxy) is 2. The summed E-state index contributed by atoms with van der Waals surface area (Å²) in [5.41, 5.74) is -0.130. The smallest absolute Gasteiger partial charge is 0.254 e. The highest BCUT2D eigenvalue weighted by Crippen LogP contribution is 2.57. The van der Waals surface area contributed by atoms with Gasteiger partial charge in [-0.15, -0.1) is 0 Å². The van der Waals surface area contributed by atoms with Gasteiger partial charge in [-0.2, -0.15) is 0 Å². The van der Waals surface area contributed by atoms with Gasteiger partial charge in [-0.05, 0) is 18.3 Å². The van der Waals surface area contributed by atoms with Gasteiger partial charge in [0.15, 0.2) is 0 Å². The summed E-state index contributed by atoms with van der Waals surface area (Å²) in [6.45, 7) is 5.17. The fourth-order valence-corrected chi connectivity index (χ4v) is 4.26. The predicted octanol–water partition coefficient (Wildman–Crippen LogP) is 1.98. The standard InChI is InChI=1S/C18H25NO4/c1-4-5-9-19-16(21)13-10-17(2)8-6-7-12-11-23-18(22-3,14(12)17)15(13)20/h6-7,10,12,14H,4-5,8-9,11H2,1-3H3,(H,19,21)/t12-,14+,17+,18+/m1/s1. The molecular formula is C18H25NO4. The van der Waals surface area contributed by atoms with Crippen molar-refractivity contribution in [1.82, 2.24) is 5.32 Å². The van der Waals surface area contributed by atoms with Gasteiger partial charge in [0.25, 0.3) is 5.91 Å². The average molecular weight is 319 g/mol. The van der Waals surface area contributed by atoms with Crippen LogP contribution >= 0.6 is 0 Å². The molecular weight excluding hydrogens is 294 g/mol. The normalized spacial score (nSPS) is 38.2. The van der Waals surface area contributed by atoms with E-state index in [-0.39, 0.29) is 34.5 Å². The molecule has 0 aromatic rings. The number of Topliss-reactive ketones (excluding diaryl/α,β-unsaturated/α-hetero) is 1. The molecule has 5 heteroatoms. The van der Waals surface area contributed by atoms with Crippen LogP contribution in [0.15, 0.2) is 23.8 Å². The molecule has 0 unspecified atom stereocenters. The summed E-state index contributed by atoms with van der Waals surface area (Å²) in [5.74, 6) is -1.91. The van der Waals surface area contributed by atoms with Crippen LogP contribution in [-0.2, 0) is 19.1 Å². The maximum absolute atomic E-state index is 13.0. The van der Waals surface area contributed by atoms with Gasteiger partial charge in [-0.1, -0.05) is 38.5 Å². The molecule has 0 aromatic carbocycles. The number of allylic oxidation sites excluding steroid dienone is 2. The van der Waals surface area contributed by atoms with E-state index < -0.39 is 5.79 Å². The minimum atomic E-state index is -1.32. The molecule has 5 nitrogen and oxygen atoms in total. The number of ketones is 1. The molecule has 0 bridgehead atoms. The van der Waals surface area contributed by atoms with E-state index in [0.717, 1.165) is 19.3 Å². The van der Waals surface area contributed by atoms with Gasteiger partial charge in [-0.25, -0.2) is 0 Å². The number of amides is 1. The second-order valence-electron chi connectivity index (χ2n) is 6.96. The van der Waals surface area contributed by atoms with Crippen LogP contribution in [0, 0.1) is 17.3 Å². The van der Waals surface area contributed by atoms with Crippen molar-refractivity contribution >= 4 is 11.7 Å². The van der Waals surface area contributed by atoms with Gasteiger partial charge in [0.1, 0.15) is 0 Å². The fourth-order valence-electron chi connectivity index (χ4n) is 4.26. The van der Waals surface area contributed by atoms with Gasteiger partial charge >= 0.3 is 0 Å². The largest absolute Gasteiger partial charge is 0.352 e. The maximum atomic E-state index is 13.0. The fraction of sp³-hybridized carbons (Fsp3) is 0.667. The molecule has 2 aliphatic carbocycles. The highest BCUT2D eigenvalue weighted by molar-refractivity contribution is 6.22. The van der Waals surface area contributed by atoms with E-state index in [9.17, 15) is 9.59 Å². The number of unbranched alkanes of at least 4 members (excludes halogenated alkanes) is 1. The van der Waals surface area contributed by atoms with Crippen molar-refractivity contribution in [2.45, 2.75) is 38.9 Å². The van der Waals surface area contributed by atoms with Gasteiger partial charge in [0.2, 0.25) is 11.6 Å². The molecule has 0 aromatic heterocycles. The molecule has 0 radical (unpaired) electrons. The molecule has 3 rings (SSSR count). The molecule has 1 heterocycles. The van der Waals surface area contributed by atoms with Gasteiger partial charge in [0, 0.05) is 25.5 Å². The minimum Gasteiger partial charge on any atom is -0.352 e. The molecule has 1 N–H and O–H groups in total. The highest BCUT2D eigenvalue weighted by atomic mass is 16.7. The number of nitrogens with one attached hydrogen (secondary N) is 1. The van der Waals surface area contributed by atoms with Crippen LogP contribution in [0.3, 0.4) is 0 Å². The van der Waals surface area contributed by atoms with Crippen molar-refractivity contribution in [3.05, 3.63) is 23.8 Å². The Kier molecular flexibility index (Phi) is 4.19. The quantitative estimate of drug-likeness (QED) is 0.478. The summed E-state index contributed by atoms with van der Waals surface area (Å²) >= 11 is 0. The Hall–Kier alpha value is -1.46. The van der Waals surface area contributed by atoms with Crippen LogP contribution in [-0.4, -0.2) is 37.7 Å². The van der Waals surface area contributed by atoms with E-state index in [2.05, 4.69) is 31.3 Å². The van der Waals surface area contributed by atoms with Crippen LogP contribution < -0.4 is 5.32 Å². The number of methoxy groups -OCH3 is 1. The van der Waals surface area contributed by atoms with Crippen LogP contribution in [0.2, 0.25) is 0 Å². The van der Waals surface area contributed by atoms with E-state index in [1.807, 2.05) is 6.08 Å². The van der Waals surface area contributed by atoms with E-state index in [4.69, 9.17) is 9.47 Å². The van der Waals surface area contributed by atoms with Crippen molar-refractivity contribution in [3.63, 3.8) is 0 Å². The summed E-state index contributed by atoms with van der Waals surface area (Å²) in [5, 5.41) is 2.84. The van der Waals surface area contributed by atoms with Crippen LogP contribution in [0.5, 0.6) is 0 Å². The van der Waals surface area contributed by atoms with E-state index in [0.29, 0.717) is 13.2 Å². The first-order valence-corrected chi connectivity index (χ1v) is 8.40. The van der Waals surface area contributed by atoms with Crippen molar-refractivity contribution in [1.29, 1.82) is 0 Å². The van der Waals surface area contributed by atoms with Crippen LogP contribution in [0.4, 0.5) is 0 Å². The Morgan fingerprint density at radius 1 is 1.52 bits per heavy atom. The summed E-state index contributed by atoms with van der Waals surface area (Å²) in [4.78, 5) is 25.5. The molecule has 23 heavy (non-hydrogen) atoms. The van der Waals surface area contributed by atoms with E-state index in [1.54, 1.807) is 0 Å². The van der Waals surface area contributed by atoms with Crippen molar-refractivity contribution in [2.24, 2.45) is 17.3 Å². The number of hydrogen-bond acceptors (Lipinski definition) is 4. The van der Waals surface area contributed by atoms with Crippen molar-refractivity contribution in [3.8, 4) is 0 Å². The summed E-state index contributed by atoms with van der Waals surface area (Å²) < 4.78 is 11.4. The van der Waals surface area contributed by atoms with Crippen LogP contribution in [0.25, 0.3) is 0 Å². The second kappa shape index (κ2) is 5.87. The summed E-state index contributed by atoms with van der Waals surface area (Å²) in [7, 11) is 1.50. The molecule has 1 aliphatic heterocycles. The lowest BCUT2D eigenvalue weighted by Gasteiger charge is -2.47. The predicted molar refractivity (Wildman–Crippen MR) is 85.5 cm³/mol. The Labute approximate surface area is 137 Å². The third kappa shape index (κ3) is 2.37. The maximum Gasteiger partial charge on any atom is 0.254 e. The Balaban J connectivity index is 1.97. The zero-order valence-electron chi connectivity index (χ0n) is 14.1. The SMILES string of the molecule is CCCCNC(=O)C1=C[C@]2(C)CC=C[C@@H]3CO[C@](OC)(C1=O)[C@@H]32. The Morgan fingerprint density at radius 3 is 3.00 bits per heavy atom. The zero-order valence-corrected chi connectivity index (χ0v) is 14.1. The average Bonchev–Trinajstić information content (AvgIpc) is 2.94. The molecule has 126 valence electrons. The van der Waals surface area contributed by atoms with Crippen molar-refractivity contribution in [2.75, 3.05) is 20.3 Å². The first-order valence-electron chi connectivity index (χ1n) is 8.40. The molecule has 0 spiro atoms. The number of carbonyl (C=O) groups excluding carboxylic acids is 2. The summed E-state index contributed by atoms with van der Waals surface area (Å²) in [6.07, 6.45) is 8.75. The molecule has 1 saturated heterocycles. The van der Waals surface area contributed by atoms with E-state index in [1.165, 1.54) is 7.11 Å². The van der Waals surface area contributed by atoms with Gasteiger partial charge < -0.3 is 14.8 Å². The lowest BCUT2D eigenvalue weighted by molar-refractivity contribution is -0.223. The number of hydrogen-bond donors (Lipinski definition) is 1. The topological polar surface area (TPSA) is 64.6 Å². The monoisotopic (exact) mass is 319 g/mol. The first-order chi connectivity index (χ1) is 11.0. The molecule has 0 saturated carbocycles.